The van der Waals surface area contributed by atoms with E-state index in [0.29, 0.717) is 5.82 Å². The maximum absolute atomic E-state index is 5.60. The predicted octanol–water partition coefficient (Wildman–Crippen LogP) is 0.491. The Balaban J connectivity index is 1.84. The van der Waals surface area contributed by atoms with Crippen LogP contribution in [-0.4, -0.2) is 58.3 Å². The summed E-state index contributed by atoms with van der Waals surface area (Å²) in [7, 11) is 2.20. The molecule has 1 aromatic heterocycles. The molecule has 5 nitrogen and oxygen atoms in total. The third-order valence-electron chi connectivity index (χ3n) is 3.70. The van der Waals surface area contributed by atoms with Gasteiger partial charge >= 0.3 is 0 Å². The third kappa shape index (κ3) is 2.98. The van der Waals surface area contributed by atoms with Gasteiger partial charge in [-0.1, -0.05) is 0 Å². The minimum Gasteiger partial charge on any atom is -0.382 e. The molecule has 1 aliphatic heterocycles. The summed E-state index contributed by atoms with van der Waals surface area (Å²) in [5.41, 5.74) is 5.86. The number of nitrogens with zero attached hydrogens (tertiary/aromatic N) is 4. The molecule has 2 N–H and O–H groups in total. The second kappa shape index (κ2) is 4.66. The fourth-order valence-electron chi connectivity index (χ4n) is 2.28. The van der Waals surface area contributed by atoms with Gasteiger partial charge in [0.2, 0.25) is 0 Å². The summed E-state index contributed by atoms with van der Waals surface area (Å²) >= 11 is 0. The van der Waals surface area contributed by atoms with Crippen LogP contribution in [0.3, 0.4) is 0 Å². The van der Waals surface area contributed by atoms with E-state index in [2.05, 4.69) is 35.8 Å². The van der Waals surface area contributed by atoms with E-state index in [1.54, 1.807) is 0 Å². The fourth-order valence-corrected chi connectivity index (χ4v) is 2.28. The number of anilines is 1. The van der Waals surface area contributed by atoms with Gasteiger partial charge in [-0.25, -0.2) is 0 Å². The van der Waals surface area contributed by atoms with Crippen LogP contribution in [-0.2, 0) is 6.54 Å². The smallest absolute Gasteiger partial charge is 0.145 e. The van der Waals surface area contributed by atoms with Crippen molar-refractivity contribution in [3.05, 3.63) is 12.3 Å². The molecule has 0 atom stereocenters. The number of likely N-dealkylation sites (N-methyl/N-ethyl adjacent to an activating group) is 1. The second-order valence-electron chi connectivity index (χ2n) is 5.51. The Bertz CT molecular complexity index is 371. The lowest BCUT2D eigenvalue weighted by Gasteiger charge is -2.45. The molecule has 1 aromatic rings. The van der Waals surface area contributed by atoms with Crippen LogP contribution in [0.4, 0.5) is 5.82 Å². The van der Waals surface area contributed by atoms with Crippen molar-refractivity contribution >= 4 is 5.82 Å². The summed E-state index contributed by atoms with van der Waals surface area (Å²) in [6.45, 7) is 9.93. The molecule has 2 rings (SSSR count). The summed E-state index contributed by atoms with van der Waals surface area (Å²) in [5, 5.41) is 4.20. The van der Waals surface area contributed by atoms with Crippen LogP contribution in [0.5, 0.6) is 0 Å². The fraction of sp³-hybridized carbons (Fsp3) is 0.750. The summed E-state index contributed by atoms with van der Waals surface area (Å²) in [6, 6.07) is 1.84. The molecular formula is C12H23N5. The molecule has 0 unspecified atom stereocenters. The average molecular weight is 237 g/mol. The molecule has 0 spiro atoms. The van der Waals surface area contributed by atoms with Gasteiger partial charge in [0.15, 0.2) is 0 Å². The lowest BCUT2D eigenvalue weighted by atomic mass is 10.00. The van der Waals surface area contributed by atoms with Gasteiger partial charge in [-0.3, -0.25) is 14.5 Å². The summed E-state index contributed by atoms with van der Waals surface area (Å²) in [5.74, 6) is 0.601. The van der Waals surface area contributed by atoms with Crippen LogP contribution in [0.2, 0.25) is 0 Å². The van der Waals surface area contributed by atoms with Crippen LogP contribution < -0.4 is 5.73 Å². The van der Waals surface area contributed by atoms with E-state index in [-0.39, 0.29) is 5.54 Å². The van der Waals surface area contributed by atoms with Crippen LogP contribution in [0.15, 0.2) is 12.3 Å². The quantitative estimate of drug-likeness (QED) is 0.831. The number of rotatable bonds is 3. The minimum atomic E-state index is 0.265. The first-order valence-corrected chi connectivity index (χ1v) is 6.20. The molecule has 0 radical (unpaired) electrons. The highest BCUT2D eigenvalue weighted by Crippen LogP contribution is 2.18. The minimum absolute atomic E-state index is 0.265. The van der Waals surface area contributed by atoms with Crippen molar-refractivity contribution in [1.82, 2.24) is 19.6 Å². The first-order valence-electron chi connectivity index (χ1n) is 6.20. The molecule has 0 amide bonds. The first kappa shape index (κ1) is 12.4. The number of nitrogens with two attached hydrogens (primary N) is 1. The number of aromatic nitrogens is 2. The molecule has 1 fully saturated rings. The largest absolute Gasteiger partial charge is 0.382 e. The highest BCUT2D eigenvalue weighted by molar-refractivity contribution is 5.23. The van der Waals surface area contributed by atoms with E-state index < -0.39 is 0 Å². The van der Waals surface area contributed by atoms with Crippen molar-refractivity contribution in [3.63, 3.8) is 0 Å². The van der Waals surface area contributed by atoms with Crippen molar-refractivity contribution in [1.29, 1.82) is 0 Å². The summed E-state index contributed by atoms with van der Waals surface area (Å²) in [6.07, 6.45) is 1.94. The molecule has 1 aliphatic rings. The number of hydrogen-bond donors (Lipinski definition) is 1. The van der Waals surface area contributed by atoms with Gasteiger partial charge in [-0.2, -0.15) is 5.10 Å². The maximum Gasteiger partial charge on any atom is 0.145 e. The molecular weight excluding hydrogens is 214 g/mol. The van der Waals surface area contributed by atoms with Crippen molar-refractivity contribution in [2.24, 2.45) is 0 Å². The van der Waals surface area contributed by atoms with E-state index in [4.69, 9.17) is 5.73 Å². The van der Waals surface area contributed by atoms with Crippen molar-refractivity contribution in [2.75, 3.05) is 39.0 Å². The Morgan fingerprint density at radius 1 is 1.35 bits per heavy atom. The van der Waals surface area contributed by atoms with Crippen LogP contribution >= 0.6 is 0 Å². The molecule has 2 heterocycles. The van der Waals surface area contributed by atoms with Crippen LogP contribution in [0.25, 0.3) is 0 Å². The molecule has 1 saturated heterocycles. The van der Waals surface area contributed by atoms with E-state index in [1.807, 2.05) is 16.9 Å². The highest BCUT2D eigenvalue weighted by atomic mass is 15.3. The van der Waals surface area contributed by atoms with Gasteiger partial charge in [-0.15, -0.1) is 0 Å². The zero-order valence-electron chi connectivity index (χ0n) is 11.1. The highest BCUT2D eigenvalue weighted by Gasteiger charge is 2.30. The number of nitrogen functional groups attached to an aromatic ring is 1. The van der Waals surface area contributed by atoms with Gasteiger partial charge in [0.05, 0.1) is 6.54 Å². The van der Waals surface area contributed by atoms with E-state index in [1.165, 1.54) is 0 Å². The van der Waals surface area contributed by atoms with Gasteiger partial charge in [-0.05, 0) is 27.0 Å². The normalized spacial score (nSPS) is 21.8. The van der Waals surface area contributed by atoms with E-state index in [0.717, 1.165) is 32.7 Å². The van der Waals surface area contributed by atoms with E-state index in [9.17, 15) is 0 Å². The van der Waals surface area contributed by atoms with E-state index >= 15 is 0 Å². The maximum atomic E-state index is 5.60. The Morgan fingerprint density at radius 2 is 2.12 bits per heavy atom. The van der Waals surface area contributed by atoms with Crippen molar-refractivity contribution in [2.45, 2.75) is 25.9 Å². The molecule has 5 heteroatoms. The topological polar surface area (TPSA) is 50.3 Å². The summed E-state index contributed by atoms with van der Waals surface area (Å²) in [4.78, 5) is 4.92. The Morgan fingerprint density at radius 3 is 2.71 bits per heavy atom. The van der Waals surface area contributed by atoms with Crippen LogP contribution in [0, 0.1) is 0 Å². The molecule has 0 aromatic carbocycles. The molecule has 96 valence electrons. The van der Waals surface area contributed by atoms with Gasteiger partial charge in [0.1, 0.15) is 5.82 Å². The van der Waals surface area contributed by atoms with Crippen LogP contribution in [0.1, 0.15) is 13.8 Å². The predicted molar refractivity (Wildman–Crippen MR) is 69.8 cm³/mol. The lowest BCUT2D eigenvalue weighted by Crippen LogP contribution is -2.57. The Kier molecular flexibility index (Phi) is 3.40. The SMILES string of the molecule is CN1CCN(CCn2ccc(N)n2)CC1(C)C. The zero-order chi connectivity index (χ0) is 12.5. The zero-order valence-corrected chi connectivity index (χ0v) is 11.1. The number of piperazine rings is 1. The standard InChI is InChI=1S/C12H23N5/c1-12(2)10-16(7-6-15(12)3)8-9-17-5-4-11(13)14-17/h4-5H,6-10H2,1-3H3,(H2,13,14). The summed E-state index contributed by atoms with van der Waals surface area (Å²) < 4.78 is 1.92. The lowest BCUT2D eigenvalue weighted by molar-refractivity contribution is 0.0380. The molecule has 0 bridgehead atoms. The van der Waals surface area contributed by atoms with Gasteiger partial charge in [0.25, 0.3) is 0 Å². The Hall–Kier alpha value is -1.07. The average Bonchev–Trinajstić information content (AvgIpc) is 2.66. The van der Waals surface area contributed by atoms with Gasteiger partial charge in [0, 0.05) is 37.9 Å². The molecule has 0 saturated carbocycles. The monoisotopic (exact) mass is 237 g/mol. The Labute approximate surface area is 103 Å². The van der Waals surface area contributed by atoms with Crippen molar-refractivity contribution in [3.8, 4) is 0 Å². The first-order chi connectivity index (χ1) is 7.97. The third-order valence-corrected chi connectivity index (χ3v) is 3.70. The molecule has 0 aliphatic carbocycles. The number of hydrogen-bond acceptors (Lipinski definition) is 4. The van der Waals surface area contributed by atoms with Crippen molar-refractivity contribution < 1.29 is 0 Å². The second-order valence-corrected chi connectivity index (χ2v) is 5.51. The molecule has 17 heavy (non-hydrogen) atoms. The van der Waals surface area contributed by atoms with Gasteiger partial charge < -0.3 is 5.73 Å².